The zero-order chi connectivity index (χ0) is 10.8. The summed E-state index contributed by atoms with van der Waals surface area (Å²) in [5.41, 5.74) is 2.01. The van der Waals surface area contributed by atoms with Crippen LogP contribution in [0.2, 0.25) is 0 Å². The molecule has 4 nitrogen and oxygen atoms in total. The molecule has 0 saturated heterocycles. The number of carbonyl (C=O) groups excluding carboxylic acids is 1. The van der Waals surface area contributed by atoms with E-state index in [1.165, 1.54) is 11.8 Å². The van der Waals surface area contributed by atoms with Crippen LogP contribution in [0.4, 0.5) is 0 Å². The predicted molar refractivity (Wildman–Crippen MR) is 56.3 cm³/mol. The van der Waals surface area contributed by atoms with Gasteiger partial charge < -0.3 is 9.40 Å². The normalized spacial score (nSPS) is 10.5. The number of nitrogens with one attached hydrogen (secondary N) is 1. The van der Waals surface area contributed by atoms with Gasteiger partial charge in [-0.2, -0.15) is 0 Å². The Morgan fingerprint density at radius 1 is 1.47 bits per heavy atom. The first kappa shape index (κ1) is 10.0. The van der Waals surface area contributed by atoms with Crippen molar-refractivity contribution in [1.29, 1.82) is 0 Å². The van der Waals surface area contributed by atoms with Gasteiger partial charge in [0.05, 0.1) is 5.69 Å². The summed E-state index contributed by atoms with van der Waals surface area (Å²) >= 11 is 1.37. The lowest BCUT2D eigenvalue weighted by Gasteiger charge is -1.90. The molecule has 0 aliphatic carbocycles. The molecule has 2 aromatic rings. The molecule has 0 saturated carbocycles. The molecule has 2 rings (SSSR count). The minimum absolute atomic E-state index is 0.331. The molecule has 0 spiro atoms. The molecule has 5 heteroatoms. The summed E-state index contributed by atoms with van der Waals surface area (Å²) in [4.78, 5) is 17.8. The third-order valence-electron chi connectivity index (χ3n) is 2.02. The van der Waals surface area contributed by atoms with Gasteiger partial charge in [-0.05, 0) is 37.7 Å². The topological polar surface area (TPSA) is 58.9 Å². The summed E-state index contributed by atoms with van der Waals surface area (Å²) in [6.45, 7) is 3.90. The molecule has 0 aliphatic heterocycles. The predicted octanol–water partition coefficient (Wildman–Crippen LogP) is 2.58. The van der Waals surface area contributed by atoms with Gasteiger partial charge in [0.1, 0.15) is 0 Å². The molecule has 0 atom stereocenters. The number of hydrogen-bond donors (Lipinski definition) is 1. The molecular weight excluding hydrogens is 212 g/mol. The van der Waals surface area contributed by atoms with Crippen LogP contribution in [0.25, 0.3) is 0 Å². The van der Waals surface area contributed by atoms with Crippen LogP contribution in [0.3, 0.4) is 0 Å². The zero-order valence-electron chi connectivity index (χ0n) is 8.40. The molecule has 0 unspecified atom stereocenters. The van der Waals surface area contributed by atoms with Crippen LogP contribution < -0.4 is 0 Å². The van der Waals surface area contributed by atoms with E-state index in [2.05, 4.69) is 9.97 Å². The fourth-order valence-electron chi connectivity index (χ4n) is 1.11. The van der Waals surface area contributed by atoms with Gasteiger partial charge in [-0.3, -0.25) is 4.79 Å². The van der Waals surface area contributed by atoms with Crippen LogP contribution in [0.15, 0.2) is 26.8 Å². The standard InChI is InChI=1S/C10H10N2O2S/c1-6-7(2)12-10(11-6)15-9-4-3-8(5-13)14-9/h3-5H,1-2H3,(H,11,12). The van der Waals surface area contributed by atoms with Crippen molar-refractivity contribution in [2.75, 3.05) is 0 Å². The lowest BCUT2D eigenvalue weighted by Crippen LogP contribution is -1.73. The first-order valence-electron chi connectivity index (χ1n) is 4.45. The lowest BCUT2D eigenvalue weighted by molar-refractivity contribution is 0.109. The average molecular weight is 222 g/mol. The Kier molecular flexibility index (Phi) is 2.64. The van der Waals surface area contributed by atoms with Crippen LogP contribution in [-0.2, 0) is 0 Å². The molecule has 78 valence electrons. The van der Waals surface area contributed by atoms with E-state index in [0.29, 0.717) is 17.1 Å². The van der Waals surface area contributed by atoms with E-state index in [0.717, 1.165) is 16.5 Å². The molecule has 2 heterocycles. The first-order chi connectivity index (χ1) is 7.19. The van der Waals surface area contributed by atoms with Crippen molar-refractivity contribution < 1.29 is 9.21 Å². The van der Waals surface area contributed by atoms with Gasteiger partial charge in [0.25, 0.3) is 0 Å². The molecule has 0 bridgehead atoms. The number of aryl methyl sites for hydroxylation is 2. The van der Waals surface area contributed by atoms with Gasteiger partial charge in [-0.1, -0.05) is 0 Å². The Morgan fingerprint density at radius 3 is 2.80 bits per heavy atom. The maximum Gasteiger partial charge on any atom is 0.185 e. The SMILES string of the molecule is Cc1nc(Sc2ccc(C=O)o2)[nH]c1C. The summed E-state index contributed by atoms with van der Waals surface area (Å²) in [6, 6.07) is 3.39. The van der Waals surface area contributed by atoms with E-state index in [9.17, 15) is 4.79 Å². The average Bonchev–Trinajstić information content (AvgIpc) is 2.76. The van der Waals surface area contributed by atoms with E-state index < -0.39 is 0 Å². The highest BCUT2D eigenvalue weighted by Gasteiger charge is 2.07. The van der Waals surface area contributed by atoms with Crippen molar-refractivity contribution in [3.8, 4) is 0 Å². The van der Waals surface area contributed by atoms with E-state index in [1.807, 2.05) is 13.8 Å². The highest BCUT2D eigenvalue weighted by molar-refractivity contribution is 7.99. The number of aromatic nitrogens is 2. The van der Waals surface area contributed by atoms with Crippen LogP contribution >= 0.6 is 11.8 Å². The van der Waals surface area contributed by atoms with Crippen molar-refractivity contribution in [2.45, 2.75) is 24.1 Å². The van der Waals surface area contributed by atoms with Crippen molar-refractivity contribution in [3.05, 3.63) is 29.3 Å². The number of hydrogen-bond acceptors (Lipinski definition) is 4. The monoisotopic (exact) mass is 222 g/mol. The van der Waals surface area contributed by atoms with Gasteiger partial charge in [0.15, 0.2) is 22.3 Å². The fraction of sp³-hybridized carbons (Fsp3) is 0.200. The van der Waals surface area contributed by atoms with Gasteiger partial charge in [0, 0.05) is 5.69 Å². The van der Waals surface area contributed by atoms with E-state index in [1.54, 1.807) is 12.1 Å². The quantitative estimate of drug-likeness (QED) is 0.811. The Hall–Kier alpha value is -1.49. The number of imidazole rings is 1. The van der Waals surface area contributed by atoms with Crippen molar-refractivity contribution in [1.82, 2.24) is 9.97 Å². The maximum absolute atomic E-state index is 10.4. The molecule has 0 amide bonds. The highest BCUT2D eigenvalue weighted by Crippen LogP contribution is 2.27. The summed E-state index contributed by atoms with van der Waals surface area (Å²) in [5.74, 6) is 0.331. The molecule has 2 aromatic heterocycles. The second kappa shape index (κ2) is 3.94. The van der Waals surface area contributed by atoms with E-state index in [4.69, 9.17) is 4.42 Å². The number of carbonyl (C=O) groups is 1. The molecule has 15 heavy (non-hydrogen) atoms. The van der Waals surface area contributed by atoms with Crippen LogP contribution in [-0.4, -0.2) is 16.3 Å². The highest BCUT2D eigenvalue weighted by atomic mass is 32.2. The summed E-state index contributed by atoms with van der Waals surface area (Å²) in [5, 5.41) is 1.43. The van der Waals surface area contributed by atoms with Crippen molar-refractivity contribution in [2.24, 2.45) is 0 Å². The minimum atomic E-state index is 0.331. The number of furan rings is 1. The first-order valence-corrected chi connectivity index (χ1v) is 5.27. The summed E-state index contributed by atoms with van der Waals surface area (Å²) in [6.07, 6.45) is 0.683. The van der Waals surface area contributed by atoms with E-state index in [-0.39, 0.29) is 0 Å². The van der Waals surface area contributed by atoms with Crippen molar-refractivity contribution in [3.63, 3.8) is 0 Å². The number of rotatable bonds is 3. The largest absolute Gasteiger partial charge is 0.447 e. The minimum Gasteiger partial charge on any atom is -0.447 e. The fourth-order valence-corrected chi connectivity index (χ4v) is 1.96. The molecular formula is C10H10N2O2S. The molecule has 0 radical (unpaired) electrons. The van der Waals surface area contributed by atoms with Gasteiger partial charge in [-0.25, -0.2) is 4.98 Å². The Labute approximate surface area is 91.1 Å². The smallest absolute Gasteiger partial charge is 0.185 e. The molecule has 0 aromatic carbocycles. The second-order valence-electron chi connectivity index (χ2n) is 3.13. The van der Waals surface area contributed by atoms with E-state index >= 15 is 0 Å². The van der Waals surface area contributed by atoms with Crippen LogP contribution in [0.1, 0.15) is 21.9 Å². The number of nitrogens with zero attached hydrogens (tertiary/aromatic N) is 1. The van der Waals surface area contributed by atoms with Gasteiger partial charge >= 0.3 is 0 Å². The van der Waals surface area contributed by atoms with Crippen molar-refractivity contribution >= 4 is 18.0 Å². The van der Waals surface area contributed by atoms with Gasteiger partial charge in [-0.15, -0.1) is 0 Å². The maximum atomic E-state index is 10.4. The van der Waals surface area contributed by atoms with Crippen LogP contribution in [0.5, 0.6) is 0 Å². The van der Waals surface area contributed by atoms with Gasteiger partial charge in [0.2, 0.25) is 0 Å². The summed E-state index contributed by atoms with van der Waals surface area (Å²) < 4.78 is 5.22. The third kappa shape index (κ3) is 2.12. The zero-order valence-corrected chi connectivity index (χ0v) is 9.22. The lowest BCUT2D eigenvalue weighted by atomic mass is 10.4. The second-order valence-corrected chi connectivity index (χ2v) is 4.12. The Bertz CT molecular complexity index is 468. The van der Waals surface area contributed by atoms with Crippen LogP contribution in [0, 0.1) is 13.8 Å². The molecule has 0 fully saturated rings. The third-order valence-corrected chi connectivity index (χ3v) is 2.83. The molecule has 1 N–H and O–H groups in total. The number of aromatic amines is 1. The Balaban J connectivity index is 2.17. The number of aldehydes is 1. The molecule has 0 aliphatic rings. The summed E-state index contributed by atoms with van der Waals surface area (Å²) in [7, 11) is 0. The number of H-pyrrole nitrogens is 1. The Morgan fingerprint density at radius 2 is 2.27 bits per heavy atom.